The number of sulfonamides is 1. The monoisotopic (exact) mass is 650 g/mol. The molecule has 0 saturated carbocycles. The summed E-state index contributed by atoms with van der Waals surface area (Å²) in [5.74, 6) is -4.68. The molecule has 10 nitrogen and oxygen atoms in total. The van der Waals surface area contributed by atoms with Crippen LogP contribution >= 0.6 is 23.2 Å². The first-order valence-corrected chi connectivity index (χ1v) is 14.1. The number of carboxylic acid groups (broad SMARTS) is 1. The average molecular weight is 651 g/mol. The number of hydrogen-bond acceptors (Lipinski definition) is 8. The van der Waals surface area contributed by atoms with Crippen molar-refractivity contribution in [2.75, 3.05) is 18.9 Å². The molecule has 42 heavy (non-hydrogen) atoms. The number of dihydropyridines is 1. The number of para-hydroxylation sites is 1. The van der Waals surface area contributed by atoms with Gasteiger partial charge in [-0.25, -0.2) is 9.59 Å². The number of rotatable bonds is 10. The largest absolute Gasteiger partial charge is 0.516 e. The molecule has 0 spiro atoms. The summed E-state index contributed by atoms with van der Waals surface area (Å²) < 4.78 is 74.0. The van der Waals surface area contributed by atoms with Crippen LogP contribution < -0.4 is 10.0 Å². The van der Waals surface area contributed by atoms with E-state index in [-0.39, 0.29) is 62.2 Å². The normalized spacial score (nSPS) is 15.6. The maximum Gasteiger partial charge on any atom is 0.516 e. The number of halogens is 5. The van der Waals surface area contributed by atoms with Crippen molar-refractivity contribution in [1.82, 2.24) is 5.32 Å². The molecule has 1 aliphatic heterocycles. The molecule has 1 heterocycles. The van der Waals surface area contributed by atoms with Gasteiger partial charge in [0.2, 0.25) is 0 Å². The number of anilines is 1. The molecule has 0 bridgehead atoms. The molecule has 0 aliphatic carbocycles. The quantitative estimate of drug-likeness (QED) is 0.305. The smallest absolute Gasteiger partial charge is 0.481 e. The van der Waals surface area contributed by atoms with Crippen molar-refractivity contribution >= 4 is 56.8 Å². The highest BCUT2D eigenvalue weighted by molar-refractivity contribution is 7.93. The zero-order valence-corrected chi connectivity index (χ0v) is 24.2. The molecule has 0 fully saturated rings. The van der Waals surface area contributed by atoms with Gasteiger partial charge in [0.15, 0.2) is 0 Å². The first kappa shape index (κ1) is 32.8. The van der Waals surface area contributed by atoms with E-state index in [9.17, 15) is 41.1 Å². The predicted molar refractivity (Wildman–Crippen MR) is 146 cm³/mol. The van der Waals surface area contributed by atoms with E-state index >= 15 is 0 Å². The van der Waals surface area contributed by atoms with Crippen molar-refractivity contribution in [2.24, 2.45) is 0 Å². The summed E-state index contributed by atoms with van der Waals surface area (Å²) in [6.07, 6.45) is -1.08. The minimum atomic E-state index is -5.75. The topological polar surface area (TPSA) is 148 Å². The number of benzene rings is 2. The van der Waals surface area contributed by atoms with Gasteiger partial charge in [-0.1, -0.05) is 47.5 Å². The van der Waals surface area contributed by atoms with Crippen LogP contribution in [0.25, 0.3) is 0 Å². The summed E-state index contributed by atoms with van der Waals surface area (Å²) in [5.41, 5.74) is -6.38. The van der Waals surface area contributed by atoms with Gasteiger partial charge in [-0.3, -0.25) is 9.52 Å². The predicted octanol–water partition coefficient (Wildman–Crippen LogP) is 4.90. The maximum atomic E-state index is 13.2. The zero-order valence-electron chi connectivity index (χ0n) is 21.8. The van der Waals surface area contributed by atoms with Gasteiger partial charge in [-0.2, -0.15) is 21.6 Å². The summed E-state index contributed by atoms with van der Waals surface area (Å²) in [6, 6.07) is 9.66. The summed E-state index contributed by atoms with van der Waals surface area (Å²) in [4.78, 5) is 38.0. The summed E-state index contributed by atoms with van der Waals surface area (Å²) in [7, 11) is -3.63. The van der Waals surface area contributed by atoms with E-state index in [0.29, 0.717) is 0 Å². The van der Waals surface area contributed by atoms with Crippen LogP contribution in [-0.2, 0) is 40.3 Å². The number of allylic oxidation sites excluding steroid dienone is 1. The average Bonchev–Trinajstić information content (AvgIpc) is 2.90. The summed E-state index contributed by atoms with van der Waals surface area (Å²) >= 11 is 12.9. The van der Waals surface area contributed by atoms with Crippen molar-refractivity contribution < 1.29 is 50.6 Å². The van der Waals surface area contributed by atoms with Gasteiger partial charge >= 0.3 is 33.4 Å². The van der Waals surface area contributed by atoms with Crippen molar-refractivity contribution in [3.05, 3.63) is 86.2 Å². The van der Waals surface area contributed by atoms with Crippen LogP contribution in [0.5, 0.6) is 0 Å². The number of methoxy groups -OCH3 is 2. The second-order valence-electron chi connectivity index (χ2n) is 8.74. The SMILES string of the molecule is COC(=O)C1=C(CCc2ccccc2NS(=O)(=O)C(F)(F)F)NC(CC(=O)O)=C(C(=O)OC)C1c1c(Cl)cccc1Cl. The summed E-state index contributed by atoms with van der Waals surface area (Å²) in [6.45, 7) is 0. The molecule has 3 N–H and O–H groups in total. The molecule has 1 aliphatic rings. The first-order valence-electron chi connectivity index (χ1n) is 11.8. The van der Waals surface area contributed by atoms with Gasteiger partial charge in [0.25, 0.3) is 0 Å². The van der Waals surface area contributed by atoms with Crippen LogP contribution in [0.1, 0.15) is 29.9 Å². The molecule has 0 aromatic heterocycles. The summed E-state index contributed by atoms with van der Waals surface area (Å²) in [5, 5.41) is 12.4. The third-order valence-electron chi connectivity index (χ3n) is 6.17. The van der Waals surface area contributed by atoms with Crippen LogP contribution in [-0.4, -0.2) is 51.2 Å². The van der Waals surface area contributed by atoms with E-state index in [1.54, 1.807) is 0 Å². The number of aliphatic carboxylic acids is 1. The van der Waals surface area contributed by atoms with Gasteiger partial charge < -0.3 is 19.9 Å². The molecular formula is C26H23Cl2F3N2O8S. The molecule has 0 saturated heterocycles. The van der Waals surface area contributed by atoms with Crippen LogP contribution in [0.15, 0.2) is 65.0 Å². The maximum absolute atomic E-state index is 13.2. The Morgan fingerprint density at radius 3 is 2.00 bits per heavy atom. The molecule has 0 amide bonds. The zero-order chi connectivity index (χ0) is 31.4. The Kier molecular flexibility index (Phi) is 10.2. The van der Waals surface area contributed by atoms with E-state index in [0.717, 1.165) is 20.3 Å². The Balaban J connectivity index is 2.22. The lowest BCUT2D eigenvalue weighted by Gasteiger charge is -2.33. The molecule has 1 unspecified atom stereocenters. The van der Waals surface area contributed by atoms with Gasteiger partial charge in [-0.15, -0.1) is 0 Å². The number of carboxylic acids is 1. The van der Waals surface area contributed by atoms with E-state index < -0.39 is 45.8 Å². The number of carbonyl (C=O) groups excluding carboxylic acids is 2. The van der Waals surface area contributed by atoms with Crippen LogP contribution in [0, 0.1) is 0 Å². The van der Waals surface area contributed by atoms with E-state index in [2.05, 4.69) is 5.32 Å². The molecule has 2 aromatic carbocycles. The fraction of sp³-hybridized carbons (Fsp3) is 0.269. The van der Waals surface area contributed by atoms with E-state index in [4.69, 9.17) is 32.7 Å². The molecular weight excluding hydrogens is 628 g/mol. The minimum absolute atomic E-state index is 0.0261. The number of nitrogens with one attached hydrogen (secondary N) is 2. The van der Waals surface area contributed by atoms with Gasteiger partial charge in [-0.05, 0) is 36.6 Å². The van der Waals surface area contributed by atoms with Gasteiger partial charge in [0, 0.05) is 27.0 Å². The van der Waals surface area contributed by atoms with Crippen molar-refractivity contribution in [2.45, 2.75) is 30.7 Å². The third kappa shape index (κ3) is 6.99. The van der Waals surface area contributed by atoms with Crippen molar-refractivity contribution in [3.8, 4) is 0 Å². The van der Waals surface area contributed by atoms with E-state index in [1.807, 2.05) is 0 Å². The fourth-order valence-corrected chi connectivity index (χ4v) is 5.59. The Morgan fingerprint density at radius 1 is 0.929 bits per heavy atom. The Morgan fingerprint density at radius 2 is 1.48 bits per heavy atom. The molecule has 0 radical (unpaired) electrons. The number of aryl methyl sites for hydroxylation is 1. The molecule has 2 aromatic rings. The Labute approximate surface area is 248 Å². The first-order chi connectivity index (χ1) is 19.6. The van der Waals surface area contributed by atoms with E-state index in [1.165, 1.54) is 41.1 Å². The highest BCUT2D eigenvalue weighted by Crippen LogP contribution is 2.46. The number of esters is 2. The van der Waals surface area contributed by atoms with Crippen molar-refractivity contribution in [3.63, 3.8) is 0 Å². The van der Waals surface area contributed by atoms with Crippen molar-refractivity contribution in [1.29, 1.82) is 0 Å². The molecule has 1 atom stereocenters. The van der Waals surface area contributed by atoms with Crippen LogP contribution in [0.3, 0.4) is 0 Å². The number of carbonyl (C=O) groups is 3. The highest BCUT2D eigenvalue weighted by Gasteiger charge is 2.46. The lowest BCUT2D eigenvalue weighted by Crippen LogP contribution is -2.35. The van der Waals surface area contributed by atoms with Crippen LogP contribution in [0.2, 0.25) is 10.0 Å². The lowest BCUT2D eigenvalue weighted by molar-refractivity contribution is -0.137. The second kappa shape index (κ2) is 13.0. The lowest BCUT2D eigenvalue weighted by atomic mass is 9.78. The second-order valence-corrected chi connectivity index (χ2v) is 11.2. The molecule has 226 valence electrons. The van der Waals surface area contributed by atoms with Crippen LogP contribution in [0.4, 0.5) is 18.9 Å². The molecule has 3 rings (SSSR count). The van der Waals surface area contributed by atoms with Gasteiger partial charge in [0.1, 0.15) is 0 Å². The fourth-order valence-electron chi connectivity index (χ4n) is 4.37. The number of alkyl halides is 3. The Bertz CT molecular complexity index is 1570. The minimum Gasteiger partial charge on any atom is -0.481 e. The standard InChI is InChI=1S/C26H23Cl2F3N2O8S/c1-40-24(36)21-17(11-10-13-6-3-4-9-16(13)33-42(38,39)26(29,30)31)32-18(12-19(34)35)22(25(37)41-2)23(21)20-14(27)7-5-8-15(20)28/h3-9,23,32-33H,10-12H2,1-2H3,(H,34,35). The molecule has 16 heteroatoms. The number of hydrogen-bond donors (Lipinski definition) is 3. The number of ether oxygens (including phenoxy) is 2. The third-order valence-corrected chi connectivity index (χ3v) is 7.92. The Hall–Kier alpha value is -3.75. The highest BCUT2D eigenvalue weighted by atomic mass is 35.5. The van der Waals surface area contributed by atoms with Gasteiger partial charge in [0.05, 0.1) is 43.4 Å².